The van der Waals surface area contributed by atoms with Gasteiger partial charge in [0.25, 0.3) is 5.82 Å². The van der Waals surface area contributed by atoms with Crippen molar-refractivity contribution in [3.05, 3.63) is 34.3 Å². The number of hydrogen-bond donors (Lipinski definition) is 0. The van der Waals surface area contributed by atoms with Crippen LogP contribution >= 0.6 is 0 Å². The molecule has 0 saturated heterocycles. The van der Waals surface area contributed by atoms with Gasteiger partial charge >= 0.3 is 0 Å². The van der Waals surface area contributed by atoms with Crippen molar-refractivity contribution in [1.29, 1.82) is 0 Å². The van der Waals surface area contributed by atoms with Crippen LogP contribution < -0.4 is 4.73 Å². The van der Waals surface area contributed by atoms with E-state index in [4.69, 9.17) is 4.74 Å². The summed E-state index contributed by atoms with van der Waals surface area (Å²) in [5, 5.41) is 12.2. The Hall–Kier alpha value is -1.55. The summed E-state index contributed by atoms with van der Waals surface area (Å²) in [6, 6.07) is 4.29. The minimum absolute atomic E-state index is 0.433. The summed E-state index contributed by atoms with van der Waals surface area (Å²) in [6.45, 7) is 1.93. The smallest absolute Gasteiger partial charge is 0.287 e. The van der Waals surface area contributed by atoms with Crippen LogP contribution in [-0.2, 0) is 30.7 Å². The largest absolute Gasteiger partial charge is 0.710 e. The van der Waals surface area contributed by atoms with Crippen molar-refractivity contribution in [3.63, 3.8) is 0 Å². The van der Waals surface area contributed by atoms with Crippen molar-refractivity contribution in [1.82, 2.24) is 4.57 Å². The number of nitrogens with zero attached hydrogens (tertiary/aromatic N) is 2. The average molecular weight is 230 g/mol. The van der Waals surface area contributed by atoms with Gasteiger partial charge in [0.05, 0.1) is 6.61 Å². The van der Waals surface area contributed by atoms with Gasteiger partial charge in [-0.2, -0.15) is 0 Å². The lowest BCUT2D eigenvalue weighted by Crippen LogP contribution is -2.34. The molecule has 4 nitrogen and oxygen atoms in total. The summed E-state index contributed by atoms with van der Waals surface area (Å²) < 4.78 is 8.53. The van der Waals surface area contributed by atoms with E-state index in [2.05, 4.69) is 16.7 Å². The van der Waals surface area contributed by atoms with Crippen molar-refractivity contribution < 1.29 is 9.47 Å². The quantitative estimate of drug-likeness (QED) is 0.505. The lowest BCUT2D eigenvalue weighted by atomic mass is 10.1. The SMILES string of the molecule is [O-][n+]1c2n(c3cc4c(cc31)CCC4)CCOC2. The first-order chi connectivity index (χ1) is 8.34. The van der Waals surface area contributed by atoms with Gasteiger partial charge in [0, 0.05) is 0 Å². The minimum atomic E-state index is 0.433. The van der Waals surface area contributed by atoms with E-state index in [1.54, 1.807) is 0 Å². The highest BCUT2D eigenvalue weighted by atomic mass is 16.5. The van der Waals surface area contributed by atoms with Gasteiger partial charge in [-0.3, -0.25) is 0 Å². The standard InChI is InChI=1S/C13H14N2O2/c16-15-12-7-10-3-1-2-9(10)6-11(12)14-4-5-17-8-13(14)15/h6-7H,1-5,8H2. The predicted octanol–water partition coefficient (Wildman–Crippen LogP) is 1.29. The molecule has 0 unspecified atom stereocenters. The summed E-state index contributed by atoms with van der Waals surface area (Å²) in [5.41, 5.74) is 4.67. The minimum Gasteiger partial charge on any atom is -0.710 e. The van der Waals surface area contributed by atoms with Crippen LogP contribution in [-0.4, -0.2) is 11.2 Å². The van der Waals surface area contributed by atoms with Crippen LogP contribution in [0.5, 0.6) is 0 Å². The molecule has 17 heavy (non-hydrogen) atoms. The Morgan fingerprint density at radius 3 is 2.94 bits per heavy atom. The molecule has 1 aromatic heterocycles. The molecule has 4 rings (SSSR count). The highest BCUT2D eigenvalue weighted by Gasteiger charge is 2.26. The molecular weight excluding hydrogens is 216 g/mol. The van der Waals surface area contributed by atoms with Crippen LogP contribution in [0.3, 0.4) is 0 Å². The van der Waals surface area contributed by atoms with Crippen LogP contribution in [0.2, 0.25) is 0 Å². The van der Waals surface area contributed by atoms with E-state index < -0.39 is 0 Å². The van der Waals surface area contributed by atoms with Crippen LogP contribution in [0.15, 0.2) is 12.1 Å². The topological polar surface area (TPSA) is 41.1 Å². The van der Waals surface area contributed by atoms with E-state index in [0.717, 1.165) is 41.0 Å². The molecule has 0 amide bonds. The summed E-state index contributed by atoms with van der Waals surface area (Å²) in [6.07, 6.45) is 3.49. The van der Waals surface area contributed by atoms with Crippen molar-refractivity contribution in [2.75, 3.05) is 6.61 Å². The molecule has 1 aromatic carbocycles. The number of aromatic nitrogens is 2. The Morgan fingerprint density at radius 1 is 1.24 bits per heavy atom. The summed E-state index contributed by atoms with van der Waals surface area (Å²) in [7, 11) is 0. The number of rotatable bonds is 0. The monoisotopic (exact) mass is 230 g/mol. The van der Waals surface area contributed by atoms with Crippen LogP contribution in [0.4, 0.5) is 0 Å². The molecule has 0 saturated carbocycles. The third kappa shape index (κ3) is 1.19. The Kier molecular flexibility index (Phi) is 1.80. The Labute approximate surface area is 99.0 Å². The second kappa shape index (κ2) is 3.23. The normalized spacial score (nSPS) is 18.4. The summed E-state index contributed by atoms with van der Waals surface area (Å²) >= 11 is 0. The summed E-state index contributed by atoms with van der Waals surface area (Å²) in [4.78, 5) is 0. The molecule has 0 atom stereocenters. The fourth-order valence-corrected chi connectivity index (χ4v) is 3.07. The zero-order valence-electron chi connectivity index (χ0n) is 9.61. The maximum atomic E-state index is 12.2. The molecule has 0 spiro atoms. The Bertz CT molecular complexity index is 616. The fourth-order valence-electron chi connectivity index (χ4n) is 3.07. The van der Waals surface area contributed by atoms with E-state index in [-0.39, 0.29) is 0 Å². The molecule has 0 radical (unpaired) electrons. The second-order valence-electron chi connectivity index (χ2n) is 4.88. The van der Waals surface area contributed by atoms with Gasteiger partial charge in [0.2, 0.25) is 0 Å². The zero-order valence-corrected chi connectivity index (χ0v) is 9.61. The third-order valence-electron chi connectivity index (χ3n) is 3.94. The molecule has 0 bridgehead atoms. The van der Waals surface area contributed by atoms with Crippen LogP contribution in [0.1, 0.15) is 23.4 Å². The van der Waals surface area contributed by atoms with Gasteiger partial charge in [-0.1, -0.05) is 0 Å². The van der Waals surface area contributed by atoms with Gasteiger partial charge in [0.1, 0.15) is 13.2 Å². The maximum Gasteiger partial charge on any atom is 0.287 e. The first-order valence-electron chi connectivity index (χ1n) is 6.19. The summed E-state index contributed by atoms with van der Waals surface area (Å²) in [5.74, 6) is 0.745. The van der Waals surface area contributed by atoms with E-state index in [0.29, 0.717) is 13.2 Å². The first kappa shape index (κ1) is 9.48. The van der Waals surface area contributed by atoms with E-state index in [1.165, 1.54) is 17.5 Å². The molecule has 4 heteroatoms. The molecule has 88 valence electrons. The lowest BCUT2D eigenvalue weighted by Gasteiger charge is -2.11. The third-order valence-corrected chi connectivity index (χ3v) is 3.94. The Balaban J connectivity index is 2.07. The highest BCUT2D eigenvalue weighted by Crippen LogP contribution is 2.27. The van der Waals surface area contributed by atoms with E-state index in [1.807, 2.05) is 0 Å². The number of imidazole rings is 1. The molecular formula is C13H14N2O2. The number of hydrogen-bond acceptors (Lipinski definition) is 2. The molecule has 1 aliphatic carbocycles. The zero-order chi connectivity index (χ0) is 11.4. The average Bonchev–Trinajstić information content (AvgIpc) is 2.92. The molecule has 1 aliphatic heterocycles. The van der Waals surface area contributed by atoms with E-state index >= 15 is 0 Å². The molecule has 2 aliphatic rings. The van der Waals surface area contributed by atoms with Gasteiger partial charge in [-0.05, 0) is 42.5 Å². The fraction of sp³-hybridized carbons (Fsp3) is 0.462. The van der Waals surface area contributed by atoms with E-state index in [9.17, 15) is 5.21 Å². The lowest BCUT2D eigenvalue weighted by molar-refractivity contribution is -0.591. The van der Waals surface area contributed by atoms with Crippen molar-refractivity contribution in [3.8, 4) is 0 Å². The van der Waals surface area contributed by atoms with Gasteiger partial charge in [-0.25, -0.2) is 9.30 Å². The van der Waals surface area contributed by atoms with Crippen molar-refractivity contribution in [2.45, 2.75) is 32.4 Å². The highest BCUT2D eigenvalue weighted by molar-refractivity contribution is 5.75. The Morgan fingerprint density at radius 2 is 2.06 bits per heavy atom. The number of benzene rings is 1. The van der Waals surface area contributed by atoms with Crippen LogP contribution in [0, 0.1) is 5.21 Å². The maximum absolute atomic E-state index is 12.2. The predicted molar refractivity (Wildman–Crippen MR) is 62.6 cm³/mol. The van der Waals surface area contributed by atoms with Crippen molar-refractivity contribution >= 4 is 11.0 Å². The first-order valence-corrected chi connectivity index (χ1v) is 6.19. The number of aryl methyl sites for hydroxylation is 2. The van der Waals surface area contributed by atoms with Gasteiger partial charge < -0.3 is 9.94 Å². The van der Waals surface area contributed by atoms with Crippen molar-refractivity contribution in [2.24, 2.45) is 0 Å². The van der Waals surface area contributed by atoms with Crippen LogP contribution in [0.25, 0.3) is 11.0 Å². The molecule has 2 aromatic rings. The number of ether oxygens (including phenoxy) is 1. The van der Waals surface area contributed by atoms with Gasteiger partial charge in [-0.15, -0.1) is 0 Å². The molecule has 0 N–H and O–H groups in total. The van der Waals surface area contributed by atoms with Gasteiger partial charge in [0.15, 0.2) is 11.0 Å². The molecule has 2 heterocycles. The molecule has 0 fully saturated rings. The number of fused-ring (bicyclic) bond motifs is 4. The second-order valence-corrected chi connectivity index (χ2v) is 4.88.